The lowest BCUT2D eigenvalue weighted by molar-refractivity contribution is 0.0952. The Morgan fingerprint density at radius 1 is 1.06 bits per heavy atom. The van der Waals surface area contributed by atoms with E-state index < -0.39 is 0 Å². The number of ether oxygens (including phenoxy) is 2. The molecule has 3 aromatic rings. The minimum atomic E-state index is -0.206. The molecule has 8 nitrogen and oxygen atoms in total. The largest absolute Gasteiger partial charge is 0.493 e. The maximum Gasteiger partial charge on any atom is 0.262 e. The van der Waals surface area contributed by atoms with E-state index in [1.807, 2.05) is 6.92 Å². The summed E-state index contributed by atoms with van der Waals surface area (Å²) in [7, 11) is 3.06. The fourth-order valence-electron chi connectivity index (χ4n) is 3.60. The zero-order chi connectivity index (χ0) is 26.2. The third-order valence-corrected chi connectivity index (χ3v) is 6.66. The van der Waals surface area contributed by atoms with Gasteiger partial charge in [0.1, 0.15) is 0 Å². The molecule has 0 fully saturated rings. The highest BCUT2D eigenvalue weighted by Crippen LogP contribution is 2.29. The van der Waals surface area contributed by atoms with Crippen LogP contribution in [0.25, 0.3) is 10.9 Å². The SMILES string of the molecule is CCCNC(=O)c1ccc2c(=O)n(CCC(C)C)c(SCC(=O)c3ccc(OC)c(OC)c3)nc2c1. The molecule has 1 aromatic heterocycles. The smallest absolute Gasteiger partial charge is 0.262 e. The van der Waals surface area contributed by atoms with Crippen molar-refractivity contribution >= 4 is 34.4 Å². The fraction of sp³-hybridized carbons (Fsp3) is 0.407. The van der Waals surface area contributed by atoms with Gasteiger partial charge in [0.05, 0.1) is 30.9 Å². The van der Waals surface area contributed by atoms with Gasteiger partial charge in [-0.15, -0.1) is 0 Å². The highest BCUT2D eigenvalue weighted by atomic mass is 32.2. The number of benzene rings is 2. The molecule has 9 heteroatoms. The Labute approximate surface area is 215 Å². The van der Waals surface area contributed by atoms with Crippen LogP contribution in [0.3, 0.4) is 0 Å². The van der Waals surface area contributed by atoms with Crippen molar-refractivity contribution in [3.05, 3.63) is 57.9 Å². The van der Waals surface area contributed by atoms with Crippen molar-refractivity contribution < 1.29 is 19.1 Å². The molecule has 1 N–H and O–H groups in total. The number of amides is 1. The Bertz CT molecular complexity index is 1300. The number of hydrogen-bond donors (Lipinski definition) is 1. The van der Waals surface area contributed by atoms with Gasteiger partial charge in [-0.2, -0.15) is 0 Å². The second-order valence-electron chi connectivity index (χ2n) is 8.80. The molecule has 0 atom stereocenters. The van der Waals surface area contributed by atoms with Crippen LogP contribution in [0.2, 0.25) is 0 Å². The Hall–Kier alpha value is -3.33. The molecule has 2 aromatic carbocycles. The van der Waals surface area contributed by atoms with Crippen molar-refractivity contribution in [1.82, 2.24) is 14.9 Å². The minimum Gasteiger partial charge on any atom is -0.493 e. The number of methoxy groups -OCH3 is 2. The molecule has 192 valence electrons. The number of carbonyl (C=O) groups excluding carboxylic acids is 2. The molecule has 0 bridgehead atoms. The number of thioether (sulfide) groups is 1. The Balaban J connectivity index is 1.94. The second-order valence-corrected chi connectivity index (χ2v) is 9.75. The minimum absolute atomic E-state index is 0.0891. The van der Waals surface area contributed by atoms with E-state index in [0.29, 0.717) is 57.7 Å². The second kappa shape index (κ2) is 12.6. The first kappa shape index (κ1) is 27.3. The number of nitrogens with one attached hydrogen (secondary N) is 1. The zero-order valence-corrected chi connectivity index (χ0v) is 22.2. The molecule has 1 heterocycles. The van der Waals surface area contributed by atoms with Gasteiger partial charge in [-0.05, 0) is 55.2 Å². The molecule has 3 rings (SSSR count). The molecule has 0 saturated heterocycles. The van der Waals surface area contributed by atoms with Crippen LogP contribution in [0.1, 0.15) is 54.3 Å². The van der Waals surface area contributed by atoms with Gasteiger partial charge in [-0.25, -0.2) is 4.98 Å². The number of nitrogens with zero attached hydrogens (tertiary/aromatic N) is 2. The zero-order valence-electron chi connectivity index (χ0n) is 21.4. The highest BCUT2D eigenvalue weighted by molar-refractivity contribution is 7.99. The standard InChI is InChI=1S/C27H33N3O5S/c1-6-12-28-25(32)19-7-9-20-21(14-19)29-27(30(26(20)33)13-11-17(2)3)36-16-22(31)18-8-10-23(34-4)24(15-18)35-5/h7-10,14-15,17H,6,11-13,16H2,1-5H3,(H,28,32). The van der Waals surface area contributed by atoms with Crippen LogP contribution in [0.15, 0.2) is 46.3 Å². The summed E-state index contributed by atoms with van der Waals surface area (Å²) in [6.07, 6.45) is 1.62. The quantitative estimate of drug-likeness (QED) is 0.216. The number of aromatic nitrogens is 2. The van der Waals surface area contributed by atoms with E-state index in [1.165, 1.54) is 26.0 Å². The summed E-state index contributed by atoms with van der Waals surface area (Å²) < 4.78 is 12.2. The predicted molar refractivity (Wildman–Crippen MR) is 143 cm³/mol. The maximum atomic E-state index is 13.4. The maximum absolute atomic E-state index is 13.4. The molecular formula is C27H33N3O5S. The normalized spacial score (nSPS) is 11.1. The molecular weight excluding hydrogens is 478 g/mol. The van der Waals surface area contributed by atoms with E-state index in [-0.39, 0.29) is 23.0 Å². The monoisotopic (exact) mass is 511 g/mol. The van der Waals surface area contributed by atoms with Crippen molar-refractivity contribution in [2.75, 3.05) is 26.5 Å². The van der Waals surface area contributed by atoms with E-state index in [4.69, 9.17) is 14.5 Å². The van der Waals surface area contributed by atoms with Gasteiger partial charge in [0.2, 0.25) is 0 Å². The van der Waals surface area contributed by atoms with Crippen LogP contribution >= 0.6 is 11.8 Å². The van der Waals surface area contributed by atoms with Gasteiger partial charge in [0, 0.05) is 24.2 Å². The molecule has 0 radical (unpaired) electrons. The number of fused-ring (bicyclic) bond motifs is 1. The van der Waals surface area contributed by atoms with E-state index in [2.05, 4.69) is 19.2 Å². The summed E-state index contributed by atoms with van der Waals surface area (Å²) in [6.45, 7) is 7.22. The number of ketones is 1. The lowest BCUT2D eigenvalue weighted by Gasteiger charge is -2.15. The molecule has 0 aliphatic rings. The summed E-state index contributed by atoms with van der Waals surface area (Å²) in [5.41, 5.74) is 1.18. The first-order valence-electron chi connectivity index (χ1n) is 12.0. The molecule has 0 spiro atoms. The first-order chi connectivity index (χ1) is 17.3. The fourth-order valence-corrected chi connectivity index (χ4v) is 4.52. The molecule has 0 saturated carbocycles. The molecule has 0 aliphatic heterocycles. The summed E-state index contributed by atoms with van der Waals surface area (Å²) in [5.74, 6) is 1.16. The predicted octanol–water partition coefficient (Wildman–Crippen LogP) is 4.57. The number of Topliss-reactive ketones (excluding diaryl/α,β-unsaturated/α-hetero) is 1. The van der Waals surface area contributed by atoms with E-state index in [9.17, 15) is 14.4 Å². The van der Waals surface area contributed by atoms with Crippen molar-refractivity contribution in [2.45, 2.75) is 45.3 Å². The first-order valence-corrected chi connectivity index (χ1v) is 13.0. The van der Waals surface area contributed by atoms with Gasteiger partial charge in [0.25, 0.3) is 11.5 Å². The summed E-state index contributed by atoms with van der Waals surface area (Å²) >= 11 is 1.21. The Morgan fingerprint density at radius 3 is 2.44 bits per heavy atom. The van der Waals surface area contributed by atoms with Gasteiger partial charge in [-0.1, -0.05) is 32.5 Å². The van der Waals surface area contributed by atoms with Crippen molar-refractivity contribution in [1.29, 1.82) is 0 Å². The Kier molecular flexibility index (Phi) is 9.52. The van der Waals surface area contributed by atoms with Crippen LogP contribution in [-0.4, -0.2) is 47.8 Å². The van der Waals surface area contributed by atoms with Crippen LogP contribution < -0.4 is 20.3 Å². The van der Waals surface area contributed by atoms with Gasteiger partial charge < -0.3 is 14.8 Å². The van der Waals surface area contributed by atoms with Gasteiger partial charge in [0.15, 0.2) is 22.4 Å². The van der Waals surface area contributed by atoms with Crippen LogP contribution in [0.5, 0.6) is 11.5 Å². The lowest BCUT2D eigenvalue weighted by atomic mass is 10.1. The van der Waals surface area contributed by atoms with Crippen LogP contribution in [0.4, 0.5) is 0 Å². The third kappa shape index (κ3) is 6.46. The van der Waals surface area contributed by atoms with Crippen LogP contribution in [0, 0.1) is 5.92 Å². The number of hydrogen-bond acceptors (Lipinski definition) is 7. The van der Waals surface area contributed by atoms with E-state index >= 15 is 0 Å². The van der Waals surface area contributed by atoms with Gasteiger partial charge >= 0.3 is 0 Å². The molecule has 36 heavy (non-hydrogen) atoms. The van der Waals surface area contributed by atoms with Crippen molar-refractivity contribution in [2.24, 2.45) is 5.92 Å². The average molecular weight is 512 g/mol. The summed E-state index contributed by atoms with van der Waals surface area (Å²) in [5, 5.41) is 3.74. The topological polar surface area (TPSA) is 99.5 Å². The highest BCUT2D eigenvalue weighted by Gasteiger charge is 2.17. The molecule has 0 aliphatic carbocycles. The third-order valence-electron chi connectivity index (χ3n) is 5.69. The van der Waals surface area contributed by atoms with E-state index in [1.54, 1.807) is 41.0 Å². The lowest BCUT2D eigenvalue weighted by Crippen LogP contribution is -2.26. The van der Waals surface area contributed by atoms with E-state index in [0.717, 1.165) is 12.8 Å². The number of rotatable bonds is 12. The summed E-state index contributed by atoms with van der Waals surface area (Å²) in [4.78, 5) is 43.5. The average Bonchev–Trinajstić information content (AvgIpc) is 2.88. The summed E-state index contributed by atoms with van der Waals surface area (Å²) in [6, 6.07) is 9.95. The van der Waals surface area contributed by atoms with Crippen molar-refractivity contribution in [3.63, 3.8) is 0 Å². The molecule has 1 amide bonds. The Morgan fingerprint density at radius 2 is 1.78 bits per heavy atom. The van der Waals surface area contributed by atoms with Crippen LogP contribution in [-0.2, 0) is 6.54 Å². The molecule has 0 unspecified atom stereocenters. The number of carbonyl (C=O) groups is 2. The van der Waals surface area contributed by atoms with Crippen molar-refractivity contribution in [3.8, 4) is 11.5 Å². The van der Waals surface area contributed by atoms with Gasteiger partial charge in [-0.3, -0.25) is 19.0 Å².